The summed E-state index contributed by atoms with van der Waals surface area (Å²) in [7, 11) is 0. The van der Waals surface area contributed by atoms with Gasteiger partial charge in [0.15, 0.2) is 0 Å². The van der Waals surface area contributed by atoms with Gasteiger partial charge in [0, 0.05) is 21.3 Å². The molecule has 4 rings (SSSR count). The number of fused-ring (bicyclic) bond motifs is 4. The van der Waals surface area contributed by atoms with E-state index in [0.29, 0.717) is 15.9 Å². The highest BCUT2D eigenvalue weighted by Gasteiger charge is 2.10. The fraction of sp³-hybridized carbons (Fsp3) is 0. The maximum atomic E-state index is 12.5. The first-order valence-corrected chi connectivity index (χ1v) is 6.34. The number of H-pyrrole nitrogens is 2. The standard InChI is InChI=1S/C15H9ClN2O/c16-8-5-6-10-12(7-8)18-13-9-3-1-2-4-11(9)17-14(13)15(10)19/h1-7,17H,(H,18,19). The molecule has 0 atom stereocenters. The highest BCUT2D eigenvalue weighted by molar-refractivity contribution is 6.31. The van der Waals surface area contributed by atoms with Crippen LogP contribution in [0.15, 0.2) is 47.3 Å². The lowest BCUT2D eigenvalue weighted by atomic mass is 10.1. The Hall–Kier alpha value is -2.26. The van der Waals surface area contributed by atoms with Crippen molar-refractivity contribution in [3.05, 3.63) is 57.7 Å². The van der Waals surface area contributed by atoms with E-state index in [1.807, 2.05) is 24.3 Å². The smallest absolute Gasteiger partial charge is 0.213 e. The first kappa shape index (κ1) is 10.6. The molecule has 0 saturated heterocycles. The van der Waals surface area contributed by atoms with Gasteiger partial charge in [0.1, 0.15) is 5.52 Å². The van der Waals surface area contributed by atoms with Crippen LogP contribution in [0.4, 0.5) is 0 Å². The minimum atomic E-state index is -0.00313. The van der Waals surface area contributed by atoms with E-state index in [2.05, 4.69) is 9.97 Å². The second-order valence-corrected chi connectivity index (χ2v) is 5.00. The van der Waals surface area contributed by atoms with Crippen LogP contribution in [-0.2, 0) is 0 Å². The molecular formula is C15H9ClN2O. The molecular weight excluding hydrogens is 260 g/mol. The lowest BCUT2D eigenvalue weighted by molar-refractivity contribution is 1.46. The van der Waals surface area contributed by atoms with Crippen molar-refractivity contribution in [2.24, 2.45) is 0 Å². The minimum absolute atomic E-state index is 0.00313. The molecule has 19 heavy (non-hydrogen) atoms. The van der Waals surface area contributed by atoms with E-state index in [0.717, 1.165) is 21.9 Å². The quantitative estimate of drug-likeness (QED) is 0.500. The van der Waals surface area contributed by atoms with Crippen LogP contribution in [0.1, 0.15) is 0 Å². The highest BCUT2D eigenvalue weighted by atomic mass is 35.5. The van der Waals surface area contributed by atoms with Crippen molar-refractivity contribution in [3.63, 3.8) is 0 Å². The average molecular weight is 269 g/mol. The number of hydrogen-bond acceptors (Lipinski definition) is 1. The molecule has 0 spiro atoms. The number of aromatic nitrogens is 2. The number of para-hydroxylation sites is 1. The van der Waals surface area contributed by atoms with E-state index < -0.39 is 0 Å². The molecule has 92 valence electrons. The van der Waals surface area contributed by atoms with E-state index >= 15 is 0 Å². The summed E-state index contributed by atoms with van der Waals surface area (Å²) in [6.07, 6.45) is 0. The molecule has 0 aliphatic heterocycles. The van der Waals surface area contributed by atoms with E-state index in [1.54, 1.807) is 18.2 Å². The van der Waals surface area contributed by atoms with Crippen LogP contribution in [0.3, 0.4) is 0 Å². The van der Waals surface area contributed by atoms with Crippen molar-refractivity contribution in [3.8, 4) is 0 Å². The summed E-state index contributed by atoms with van der Waals surface area (Å²) >= 11 is 5.98. The van der Waals surface area contributed by atoms with Gasteiger partial charge in [0.05, 0.1) is 11.0 Å². The minimum Gasteiger partial charge on any atom is -0.353 e. The molecule has 0 aliphatic rings. The number of benzene rings is 2. The van der Waals surface area contributed by atoms with Crippen molar-refractivity contribution in [1.29, 1.82) is 0 Å². The summed E-state index contributed by atoms with van der Waals surface area (Å²) in [6, 6.07) is 13.1. The molecule has 0 radical (unpaired) electrons. The molecule has 0 bridgehead atoms. The van der Waals surface area contributed by atoms with Crippen LogP contribution in [0.5, 0.6) is 0 Å². The van der Waals surface area contributed by atoms with Gasteiger partial charge in [0.2, 0.25) is 5.43 Å². The molecule has 2 aromatic heterocycles. The second kappa shape index (κ2) is 3.62. The Labute approximate surface area is 112 Å². The molecule has 2 heterocycles. The van der Waals surface area contributed by atoms with Gasteiger partial charge in [-0.3, -0.25) is 4.79 Å². The van der Waals surface area contributed by atoms with E-state index in [4.69, 9.17) is 11.6 Å². The topological polar surface area (TPSA) is 48.6 Å². The molecule has 3 nitrogen and oxygen atoms in total. The lowest BCUT2D eigenvalue weighted by Gasteiger charge is -1.99. The zero-order chi connectivity index (χ0) is 13.0. The monoisotopic (exact) mass is 268 g/mol. The van der Waals surface area contributed by atoms with Crippen LogP contribution in [-0.4, -0.2) is 9.97 Å². The van der Waals surface area contributed by atoms with Gasteiger partial charge < -0.3 is 9.97 Å². The van der Waals surface area contributed by atoms with Gasteiger partial charge in [-0.25, -0.2) is 0 Å². The van der Waals surface area contributed by atoms with Crippen molar-refractivity contribution >= 4 is 44.4 Å². The summed E-state index contributed by atoms with van der Waals surface area (Å²) in [5, 5.41) is 2.27. The Kier molecular flexibility index (Phi) is 2.03. The maximum Gasteiger partial charge on any atom is 0.213 e. The van der Waals surface area contributed by atoms with Gasteiger partial charge in [-0.1, -0.05) is 29.8 Å². The zero-order valence-electron chi connectivity index (χ0n) is 9.83. The number of nitrogens with one attached hydrogen (secondary N) is 2. The SMILES string of the molecule is O=c1c2ccc(Cl)cc2[nH]c2c1[nH]c1ccccc12. The summed E-state index contributed by atoms with van der Waals surface area (Å²) in [4.78, 5) is 18.9. The first-order chi connectivity index (χ1) is 9.24. The van der Waals surface area contributed by atoms with Gasteiger partial charge in [-0.2, -0.15) is 0 Å². The van der Waals surface area contributed by atoms with E-state index in [-0.39, 0.29) is 5.43 Å². The van der Waals surface area contributed by atoms with Crippen LogP contribution in [0, 0.1) is 0 Å². The Morgan fingerprint density at radius 2 is 1.63 bits per heavy atom. The third-order valence-corrected chi connectivity index (χ3v) is 3.65. The number of hydrogen-bond donors (Lipinski definition) is 2. The van der Waals surface area contributed by atoms with Gasteiger partial charge >= 0.3 is 0 Å². The fourth-order valence-corrected chi connectivity index (χ4v) is 2.70. The Bertz CT molecular complexity index is 997. The predicted molar refractivity (Wildman–Crippen MR) is 78.9 cm³/mol. The largest absolute Gasteiger partial charge is 0.353 e. The molecule has 0 amide bonds. The Morgan fingerprint density at radius 1 is 0.842 bits per heavy atom. The van der Waals surface area contributed by atoms with Gasteiger partial charge in [-0.15, -0.1) is 0 Å². The summed E-state index contributed by atoms with van der Waals surface area (Å²) in [5.74, 6) is 0. The number of rotatable bonds is 0. The zero-order valence-corrected chi connectivity index (χ0v) is 10.6. The van der Waals surface area contributed by atoms with Crippen molar-refractivity contribution < 1.29 is 0 Å². The van der Waals surface area contributed by atoms with Crippen LogP contribution in [0.25, 0.3) is 32.8 Å². The summed E-state index contributed by atoms with van der Waals surface area (Å²) < 4.78 is 0. The molecule has 0 saturated carbocycles. The first-order valence-electron chi connectivity index (χ1n) is 5.96. The second-order valence-electron chi connectivity index (χ2n) is 4.56. The number of halogens is 1. The van der Waals surface area contributed by atoms with E-state index in [1.165, 1.54) is 0 Å². The van der Waals surface area contributed by atoms with Crippen molar-refractivity contribution in [2.75, 3.05) is 0 Å². The average Bonchev–Trinajstić information content (AvgIpc) is 2.78. The molecule has 0 aliphatic carbocycles. The van der Waals surface area contributed by atoms with Crippen LogP contribution >= 0.6 is 11.6 Å². The van der Waals surface area contributed by atoms with Crippen molar-refractivity contribution in [1.82, 2.24) is 9.97 Å². The van der Waals surface area contributed by atoms with Crippen LogP contribution < -0.4 is 5.43 Å². The molecule has 4 aromatic rings. The maximum absolute atomic E-state index is 12.5. The third-order valence-electron chi connectivity index (χ3n) is 3.42. The summed E-state index contributed by atoms with van der Waals surface area (Å²) in [5.41, 5.74) is 3.14. The predicted octanol–water partition coefficient (Wildman–Crippen LogP) is 3.82. The molecule has 0 unspecified atom stereocenters. The van der Waals surface area contributed by atoms with Crippen molar-refractivity contribution in [2.45, 2.75) is 0 Å². The molecule has 2 aromatic carbocycles. The van der Waals surface area contributed by atoms with Gasteiger partial charge in [0.25, 0.3) is 0 Å². The molecule has 0 fully saturated rings. The Balaban J connectivity index is 2.33. The highest BCUT2D eigenvalue weighted by Crippen LogP contribution is 2.24. The van der Waals surface area contributed by atoms with E-state index in [9.17, 15) is 4.79 Å². The fourth-order valence-electron chi connectivity index (χ4n) is 2.53. The molecule has 2 N–H and O–H groups in total. The van der Waals surface area contributed by atoms with Crippen LogP contribution in [0.2, 0.25) is 5.02 Å². The summed E-state index contributed by atoms with van der Waals surface area (Å²) in [6.45, 7) is 0. The normalized spacial score (nSPS) is 11.6. The molecule has 4 heteroatoms. The number of aromatic amines is 2. The Morgan fingerprint density at radius 3 is 2.53 bits per heavy atom. The lowest BCUT2D eigenvalue weighted by Crippen LogP contribution is -2.03. The van der Waals surface area contributed by atoms with Gasteiger partial charge in [-0.05, 0) is 24.3 Å². The third kappa shape index (κ3) is 1.42. The number of pyridine rings is 1.